The maximum Gasteiger partial charge on any atom is 0.180 e. The van der Waals surface area contributed by atoms with E-state index in [1.54, 1.807) is 13.8 Å². The van der Waals surface area contributed by atoms with Gasteiger partial charge >= 0.3 is 0 Å². The van der Waals surface area contributed by atoms with Crippen molar-refractivity contribution < 1.29 is 19.0 Å². The number of rotatable bonds is 6. The summed E-state index contributed by atoms with van der Waals surface area (Å²) in [6, 6.07) is 0. The molecule has 0 saturated carbocycles. The first-order valence-electron chi connectivity index (χ1n) is 3.71. The smallest absolute Gasteiger partial charge is 0.180 e. The first kappa shape index (κ1) is 11.6. The minimum Gasteiger partial charge on any atom is -0.363 e. The first-order valence-corrected chi connectivity index (χ1v) is 3.71. The van der Waals surface area contributed by atoms with Gasteiger partial charge in [0.1, 0.15) is 5.60 Å². The molecule has 0 fully saturated rings. The Bertz CT molecular complexity index is 129. The van der Waals surface area contributed by atoms with Crippen LogP contribution in [0, 0.1) is 0 Å². The Hall–Kier alpha value is -0.450. The molecule has 4 heteroatoms. The largest absolute Gasteiger partial charge is 0.363 e. The van der Waals surface area contributed by atoms with Crippen molar-refractivity contribution in [1.82, 2.24) is 0 Å². The molecule has 0 rings (SSSR count). The van der Waals surface area contributed by atoms with Crippen molar-refractivity contribution in [2.45, 2.75) is 25.7 Å². The van der Waals surface area contributed by atoms with E-state index in [1.165, 1.54) is 14.2 Å². The van der Waals surface area contributed by atoms with Crippen LogP contribution >= 0.6 is 0 Å². The van der Waals surface area contributed by atoms with Gasteiger partial charge in [-0.2, -0.15) is 0 Å². The predicted octanol–water partition coefficient (Wildman–Crippen LogP) is 0.599. The Morgan fingerprint density at radius 3 is 2.17 bits per heavy atom. The van der Waals surface area contributed by atoms with Gasteiger partial charge in [-0.3, -0.25) is 0 Å². The van der Waals surface area contributed by atoms with Crippen LogP contribution in [0.15, 0.2) is 0 Å². The fraction of sp³-hybridized carbons (Fsp3) is 0.875. The molecule has 72 valence electrons. The molecule has 0 aromatic rings. The van der Waals surface area contributed by atoms with Crippen molar-refractivity contribution in [1.29, 1.82) is 0 Å². The number of carbonyl (C=O) groups excluding carboxylic acids is 1. The normalized spacial score (nSPS) is 12.1. The molecular weight excluding hydrogens is 160 g/mol. The van der Waals surface area contributed by atoms with E-state index in [9.17, 15) is 4.79 Å². The molecule has 0 spiro atoms. The number of aldehydes is 1. The fourth-order valence-electron chi connectivity index (χ4n) is 0.549. The van der Waals surface area contributed by atoms with Crippen molar-refractivity contribution in [2.75, 3.05) is 20.8 Å². The summed E-state index contributed by atoms with van der Waals surface area (Å²) in [7, 11) is 3.04. The van der Waals surface area contributed by atoms with Crippen LogP contribution in [-0.2, 0) is 19.0 Å². The second-order valence-electron chi connectivity index (χ2n) is 2.93. The maximum atomic E-state index is 10.4. The lowest BCUT2D eigenvalue weighted by Crippen LogP contribution is -2.32. The predicted molar refractivity (Wildman–Crippen MR) is 43.9 cm³/mol. The average Bonchev–Trinajstić information content (AvgIpc) is 2.06. The van der Waals surface area contributed by atoms with E-state index < -0.39 is 11.9 Å². The van der Waals surface area contributed by atoms with Crippen LogP contribution in [0.3, 0.4) is 0 Å². The molecule has 0 amide bonds. The SMILES string of the molecule is COC(COC(C)(C)C=O)OC. The Morgan fingerprint density at radius 2 is 1.83 bits per heavy atom. The van der Waals surface area contributed by atoms with Gasteiger partial charge in [0.2, 0.25) is 0 Å². The number of hydrogen-bond acceptors (Lipinski definition) is 4. The summed E-state index contributed by atoms with van der Waals surface area (Å²) in [5.74, 6) is 0. The Balaban J connectivity index is 3.72. The topological polar surface area (TPSA) is 44.8 Å². The third-order valence-electron chi connectivity index (χ3n) is 1.40. The fourth-order valence-corrected chi connectivity index (χ4v) is 0.549. The highest BCUT2D eigenvalue weighted by Gasteiger charge is 2.19. The standard InChI is InChI=1S/C8H16O4/c1-8(2,6-9)12-5-7(10-3)11-4/h6-7H,5H2,1-4H3. The molecule has 0 unspecified atom stereocenters. The quantitative estimate of drug-likeness (QED) is 0.439. The van der Waals surface area contributed by atoms with Crippen LogP contribution in [0.5, 0.6) is 0 Å². The van der Waals surface area contributed by atoms with Gasteiger partial charge in [-0.1, -0.05) is 0 Å². The molecular formula is C8H16O4. The van der Waals surface area contributed by atoms with Gasteiger partial charge in [-0.25, -0.2) is 0 Å². The Kier molecular flexibility index (Phi) is 5.04. The summed E-state index contributed by atoms with van der Waals surface area (Å²) in [4.78, 5) is 10.4. The Labute approximate surface area is 72.8 Å². The summed E-state index contributed by atoms with van der Waals surface area (Å²) < 4.78 is 15.0. The van der Waals surface area contributed by atoms with Gasteiger partial charge in [-0.05, 0) is 13.8 Å². The van der Waals surface area contributed by atoms with E-state index >= 15 is 0 Å². The van der Waals surface area contributed by atoms with E-state index in [2.05, 4.69) is 0 Å². The van der Waals surface area contributed by atoms with E-state index in [1.807, 2.05) is 0 Å². The second-order valence-corrected chi connectivity index (χ2v) is 2.93. The van der Waals surface area contributed by atoms with E-state index in [-0.39, 0.29) is 6.61 Å². The van der Waals surface area contributed by atoms with Crippen LogP contribution in [0.25, 0.3) is 0 Å². The third-order valence-corrected chi connectivity index (χ3v) is 1.40. The van der Waals surface area contributed by atoms with Gasteiger partial charge in [0.15, 0.2) is 12.6 Å². The molecule has 0 aliphatic rings. The zero-order valence-electron chi connectivity index (χ0n) is 7.99. The van der Waals surface area contributed by atoms with Crippen molar-refractivity contribution in [3.05, 3.63) is 0 Å². The monoisotopic (exact) mass is 176 g/mol. The minimum atomic E-state index is -0.769. The van der Waals surface area contributed by atoms with Crippen molar-refractivity contribution in [3.63, 3.8) is 0 Å². The van der Waals surface area contributed by atoms with Gasteiger partial charge in [0, 0.05) is 14.2 Å². The van der Waals surface area contributed by atoms with Gasteiger partial charge in [0.25, 0.3) is 0 Å². The summed E-state index contributed by atoms with van der Waals surface area (Å²) in [6.07, 6.45) is 0.333. The lowest BCUT2D eigenvalue weighted by molar-refractivity contribution is -0.168. The average molecular weight is 176 g/mol. The maximum absolute atomic E-state index is 10.4. The highest BCUT2D eigenvalue weighted by atomic mass is 16.7. The van der Waals surface area contributed by atoms with Crippen LogP contribution in [0.2, 0.25) is 0 Å². The zero-order chi connectivity index (χ0) is 9.61. The number of carbonyl (C=O) groups is 1. The molecule has 0 N–H and O–H groups in total. The summed E-state index contributed by atoms with van der Waals surface area (Å²) in [6.45, 7) is 3.61. The van der Waals surface area contributed by atoms with E-state index in [0.717, 1.165) is 6.29 Å². The lowest BCUT2D eigenvalue weighted by atomic mass is 10.2. The van der Waals surface area contributed by atoms with Crippen LogP contribution < -0.4 is 0 Å². The number of ether oxygens (including phenoxy) is 3. The van der Waals surface area contributed by atoms with Crippen LogP contribution in [-0.4, -0.2) is 39.0 Å². The molecule has 0 aliphatic heterocycles. The molecule has 0 bridgehead atoms. The molecule has 0 aromatic heterocycles. The molecule has 0 radical (unpaired) electrons. The first-order chi connectivity index (χ1) is 5.55. The van der Waals surface area contributed by atoms with Gasteiger partial charge < -0.3 is 19.0 Å². The molecule has 4 nitrogen and oxygen atoms in total. The second kappa shape index (κ2) is 5.24. The van der Waals surface area contributed by atoms with Gasteiger partial charge in [-0.15, -0.1) is 0 Å². The zero-order valence-corrected chi connectivity index (χ0v) is 7.99. The van der Waals surface area contributed by atoms with Crippen molar-refractivity contribution in [2.24, 2.45) is 0 Å². The molecule has 0 atom stereocenters. The summed E-state index contributed by atoms with van der Waals surface area (Å²) in [5.41, 5.74) is -0.769. The van der Waals surface area contributed by atoms with E-state index in [4.69, 9.17) is 14.2 Å². The Morgan fingerprint density at radius 1 is 1.33 bits per heavy atom. The number of hydrogen-bond donors (Lipinski definition) is 0. The highest BCUT2D eigenvalue weighted by Crippen LogP contribution is 2.06. The van der Waals surface area contributed by atoms with Crippen LogP contribution in [0.4, 0.5) is 0 Å². The number of methoxy groups -OCH3 is 2. The third kappa shape index (κ3) is 4.43. The van der Waals surface area contributed by atoms with E-state index in [0.29, 0.717) is 0 Å². The molecule has 0 heterocycles. The van der Waals surface area contributed by atoms with Crippen molar-refractivity contribution >= 4 is 6.29 Å². The molecule has 0 aliphatic carbocycles. The van der Waals surface area contributed by atoms with Gasteiger partial charge in [0.05, 0.1) is 6.61 Å². The molecule has 0 aromatic carbocycles. The van der Waals surface area contributed by atoms with Crippen molar-refractivity contribution in [3.8, 4) is 0 Å². The molecule has 12 heavy (non-hydrogen) atoms. The lowest BCUT2D eigenvalue weighted by Gasteiger charge is -2.21. The minimum absolute atomic E-state index is 0.249. The summed E-state index contributed by atoms with van der Waals surface area (Å²) >= 11 is 0. The highest BCUT2D eigenvalue weighted by molar-refractivity contribution is 5.60. The molecule has 0 saturated heterocycles. The summed E-state index contributed by atoms with van der Waals surface area (Å²) in [5, 5.41) is 0. The van der Waals surface area contributed by atoms with Crippen LogP contribution in [0.1, 0.15) is 13.8 Å².